The summed E-state index contributed by atoms with van der Waals surface area (Å²) in [5.41, 5.74) is 0.841. The van der Waals surface area contributed by atoms with E-state index >= 15 is 0 Å². The number of imidazole rings is 1. The second-order valence-corrected chi connectivity index (χ2v) is 4.81. The molecule has 1 heterocycles. The Kier molecular flexibility index (Phi) is 3.22. The third-order valence-corrected chi connectivity index (χ3v) is 2.60. The van der Waals surface area contributed by atoms with Crippen LogP contribution in [0.3, 0.4) is 0 Å². The van der Waals surface area contributed by atoms with Gasteiger partial charge in [0.05, 0.1) is 12.3 Å². The zero-order valence-corrected chi connectivity index (χ0v) is 9.89. The molecule has 14 heavy (non-hydrogen) atoms. The maximum atomic E-state index is 8.85. The van der Waals surface area contributed by atoms with E-state index in [4.69, 9.17) is 16.7 Å². The van der Waals surface area contributed by atoms with E-state index in [2.05, 4.69) is 25.8 Å². The second-order valence-electron chi connectivity index (χ2n) is 4.45. The molecule has 1 rings (SSSR count). The number of aliphatic hydroxyl groups excluding tert-OH is 1. The van der Waals surface area contributed by atoms with Crippen LogP contribution in [0.1, 0.15) is 32.3 Å². The summed E-state index contributed by atoms with van der Waals surface area (Å²) >= 11 is 6.15. The van der Waals surface area contributed by atoms with Crippen molar-refractivity contribution in [3.63, 3.8) is 0 Å². The predicted octanol–water partition coefficient (Wildman–Crippen LogP) is 1.91. The van der Waals surface area contributed by atoms with E-state index in [1.165, 1.54) is 0 Å². The molecule has 3 nitrogen and oxygen atoms in total. The van der Waals surface area contributed by atoms with Crippen molar-refractivity contribution in [3.8, 4) is 0 Å². The van der Waals surface area contributed by atoms with Gasteiger partial charge in [0.15, 0.2) is 0 Å². The van der Waals surface area contributed by atoms with E-state index in [1.54, 1.807) is 0 Å². The Labute approximate surface area is 89.7 Å². The van der Waals surface area contributed by atoms with E-state index in [9.17, 15) is 0 Å². The third kappa shape index (κ3) is 2.10. The van der Waals surface area contributed by atoms with Gasteiger partial charge < -0.3 is 9.67 Å². The van der Waals surface area contributed by atoms with Gasteiger partial charge in [0.1, 0.15) is 11.0 Å². The van der Waals surface area contributed by atoms with Crippen molar-refractivity contribution in [2.45, 2.75) is 32.6 Å². The number of halogens is 1. The first-order valence-corrected chi connectivity index (χ1v) is 5.08. The quantitative estimate of drug-likeness (QED) is 0.820. The van der Waals surface area contributed by atoms with Crippen LogP contribution in [0.2, 0.25) is 5.15 Å². The summed E-state index contributed by atoms with van der Waals surface area (Å²) in [5, 5.41) is 9.52. The van der Waals surface area contributed by atoms with Crippen LogP contribution >= 0.6 is 11.6 Å². The number of rotatable bonds is 2. The van der Waals surface area contributed by atoms with Gasteiger partial charge in [-0.05, 0) is 0 Å². The summed E-state index contributed by atoms with van der Waals surface area (Å²) < 4.78 is 1.83. The Morgan fingerprint density at radius 2 is 2.00 bits per heavy atom. The minimum Gasteiger partial charge on any atom is -0.396 e. The maximum Gasteiger partial charge on any atom is 0.132 e. The molecule has 1 aromatic heterocycles. The number of aromatic nitrogens is 2. The van der Waals surface area contributed by atoms with Gasteiger partial charge in [-0.15, -0.1) is 0 Å². The fourth-order valence-corrected chi connectivity index (χ4v) is 1.75. The predicted molar refractivity (Wildman–Crippen MR) is 57.7 cm³/mol. The normalized spacial score (nSPS) is 12.1. The highest BCUT2D eigenvalue weighted by atomic mass is 35.5. The van der Waals surface area contributed by atoms with Gasteiger partial charge in [-0.3, -0.25) is 0 Å². The molecular weight excluding hydrogens is 200 g/mol. The number of hydrogen-bond donors (Lipinski definition) is 1. The first-order chi connectivity index (χ1) is 6.38. The Morgan fingerprint density at radius 1 is 1.43 bits per heavy atom. The molecule has 0 aliphatic carbocycles. The van der Waals surface area contributed by atoms with Crippen LogP contribution in [0.5, 0.6) is 0 Å². The minimum atomic E-state index is -0.0530. The van der Waals surface area contributed by atoms with Crippen molar-refractivity contribution < 1.29 is 5.11 Å². The highest BCUT2D eigenvalue weighted by Crippen LogP contribution is 2.28. The van der Waals surface area contributed by atoms with Gasteiger partial charge in [0.25, 0.3) is 0 Å². The van der Waals surface area contributed by atoms with Gasteiger partial charge >= 0.3 is 0 Å². The zero-order chi connectivity index (χ0) is 10.9. The van der Waals surface area contributed by atoms with Gasteiger partial charge in [0, 0.05) is 18.9 Å². The molecule has 0 spiro atoms. The average molecular weight is 217 g/mol. The fraction of sp³-hybridized carbons (Fsp3) is 0.700. The van der Waals surface area contributed by atoms with Gasteiger partial charge in [-0.2, -0.15) is 0 Å². The van der Waals surface area contributed by atoms with Crippen LogP contribution in [0, 0.1) is 0 Å². The molecule has 0 saturated carbocycles. The van der Waals surface area contributed by atoms with Crippen LogP contribution in [-0.2, 0) is 18.9 Å². The van der Waals surface area contributed by atoms with Crippen LogP contribution < -0.4 is 0 Å². The highest BCUT2D eigenvalue weighted by Gasteiger charge is 2.23. The Bertz CT molecular complexity index is 326. The number of aliphatic hydroxyl groups is 1. The molecule has 0 bridgehead atoms. The first kappa shape index (κ1) is 11.5. The summed E-state index contributed by atoms with van der Waals surface area (Å²) in [4.78, 5) is 4.44. The molecular formula is C10H17ClN2O. The molecule has 1 N–H and O–H groups in total. The van der Waals surface area contributed by atoms with Gasteiger partial charge in [0.2, 0.25) is 0 Å². The molecule has 0 aromatic carbocycles. The van der Waals surface area contributed by atoms with Crippen molar-refractivity contribution in [2.75, 3.05) is 6.61 Å². The first-order valence-electron chi connectivity index (χ1n) is 4.70. The smallest absolute Gasteiger partial charge is 0.132 e. The lowest BCUT2D eigenvalue weighted by Gasteiger charge is -2.15. The van der Waals surface area contributed by atoms with Crippen molar-refractivity contribution in [1.82, 2.24) is 9.55 Å². The summed E-state index contributed by atoms with van der Waals surface area (Å²) in [5.74, 6) is 0.836. The Hall–Kier alpha value is -0.540. The number of nitrogens with zero attached hydrogens (tertiary/aromatic N) is 2. The lowest BCUT2D eigenvalue weighted by molar-refractivity contribution is 0.295. The summed E-state index contributed by atoms with van der Waals surface area (Å²) in [6.07, 6.45) is 0.548. The van der Waals surface area contributed by atoms with Crippen molar-refractivity contribution in [2.24, 2.45) is 7.05 Å². The van der Waals surface area contributed by atoms with E-state index in [0.29, 0.717) is 11.6 Å². The van der Waals surface area contributed by atoms with E-state index in [0.717, 1.165) is 11.5 Å². The summed E-state index contributed by atoms with van der Waals surface area (Å²) in [6.45, 7) is 6.32. The van der Waals surface area contributed by atoms with E-state index < -0.39 is 0 Å². The molecule has 0 atom stereocenters. The molecule has 0 amide bonds. The molecule has 80 valence electrons. The van der Waals surface area contributed by atoms with E-state index in [1.807, 2.05) is 11.6 Å². The maximum absolute atomic E-state index is 8.85. The van der Waals surface area contributed by atoms with Crippen molar-refractivity contribution in [1.29, 1.82) is 0 Å². The van der Waals surface area contributed by atoms with Gasteiger partial charge in [-0.25, -0.2) is 4.98 Å². The molecule has 0 unspecified atom stereocenters. The molecule has 0 aliphatic heterocycles. The topological polar surface area (TPSA) is 38.0 Å². The van der Waals surface area contributed by atoms with Crippen molar-refractivity contribution >= 4 is 11.6 Å². The molecule has 0 aliphatic rings. The Morgan fingerprint density at radius 3 is 2.36 bits per heavy atom. The second kappa shape index (κ2) is 3.91. The molecule has 0 radical (unpaired) electrons. The number of hydrogen-bond acceptors (Lipinski definition) is 2. The molecule has 4 heteroatoms. The molecule has 1 aromatic rings. The van der Waals surface area contributed by atoms with Crippen LogP contribution in [0.25, 0.3) is 0 Å². The lowest BCUT2D eigenvalue weighted by atomic mass is 9.93. The lowest BCUT2D eigenvalue weighted by Crippen LogP contribution is -2.12. The third-order valence-electron chi connectivity index (χ3n) is 2.16. The van der Waals surface area contributed by atoms with Crippen LogP contribution in [-0.4, -0.2) is 21.3 Å². The summed E-state index contributed by atoms with van der Waals surface area (Å²) in [6, 6.07) is 0. The SMILES string of the molecule is Cn1c(CCO)nc(C(C)(C)C)c1Cl. The molecule has 0 fully saturated rings. The van der Waals surface area contributed by atoms with Crippen LogP contribution in [0.15, 0.2) is 0 Å². The zero-order valence-electron chi connectivity index (χ0n) is 9.13. The van der Waals surface area contributed by atoms with Crippen LogP contribution in [0.4, 0.5) is 0 Å². The highest BCUT2D eigenvalue weighted by molar-refractivity contribution is 6.30. The monoisotopic (exact) mass is 216 g/mol. The average Bonchev–Trinajstić information content (AvgIpc) is 2.32. The molecule has 0 saturated heterocycles. The minimum absolute atomic E-state index is 0.0530. The van der Waals surface area contributed by atoms with Crippen molar-refractivity contribution in [3.05, 3.63) is 16.7 Å². The van der Waals surface area contributed by atoms with E-state index in [-0.39, 0.29) is 12.0 Å². The largest absolute Gasteiger partial charge is 0.396 e. The standard InChI is InChI=1S/C10H17ClN2O/c1-10(2,3)8-9(11)13(4)7(12-8)5-6-14/h14H,5-6H2,1-4H3. The summed E-state index contributed by atoms with van der Waals surface area (Å²) in [7, 11) is 1.87. The van der Waals surface area contributed by atoms with Gasteiger partial charge in [-0.1, -0.05) is 32.4 Å². The fourth-order valence-electron chi connectivity index (χ4n) is 1.32. The Balaban J connectivity index is 3.15.